The van der Waals surface area contributed by atoms with Gasteiger partial charge in [0, 0.05) is 5.56 Å². The molecule has 0 aliphatic heterocycles. The van der Waals surface area contributed by atoms with Gasteiger partial charge < -0.3 is 5.11 Å². The fourth-order valence-corrected chi connectivity index (χ4v) is 2.57. The van der Waals surface area contributed by atoms with Gasteiger partial charge in [-0.3, -0.25) is 0 Å². The van der Waals surface area contributed by atoms with Crippen molar-refractivity contribution in [2.24, 2.45) is 0 Å². The van der Waals surface area contributed by atoms with Gasteiger partial charge in [-0.25, -0.2) is 0 Å². The molecule has 1 unspecified atom stereocenters. The third-order valence-electron chi connectivity index (χ3n) is 3.17. The fraction of sp³-hybridized carbons (Fsp3) is 0.231. The zero-order valence-electron chi connectivity index (χ0n) is 8.12. The predicted octanol–water partition coefficient (Wildman–Crippen LogP) is 3.21. The maximum absolute atomic E-state index is 9.81. The maximum atomic E-state index is 9.81. The van der Waals surface area contributed by atoms with Crippen molar-refractivity contribution < 1.29 is 5.11 Å². The lowest BCUT2D eigenvalue weighted by Gasteiger charge is -2.06. The Morgan fingerprint density at radius 2 is 2.07 bits per heavy atom. The summed E-state index contributed by atoms with van der Waals surface area (Å²) in [6.45, 7) is 2.18. The van der Waals surface area contributed by atoms with E-state index in [0.717, 1.165) is 12.0 Å². The molecule has 0 aromatic heterocycles. The highest BCUT2D eigenvalue weighted by Crippen LogP contribution is 2.42. The van der Waals surface area contributed by atoms with Gasteiger partial charge in [-0.2, -0.15) is 0 Å². The van der Waals surface area contributed by atoms with Gasteiger partial charge in [0.1, 0.15) is 5.75 Å². The van der Waals surface area contributed by atoms with Crippen molar-refractivity contribution in [2.75, 3.05) is 0 Å². The molecule has 1 heteroatoms. The molecule has 0 amide bonds. The third-order valence-corrected chi connectivity index (χ3v) is 3.17. The second-order valence-electron chi connectivity index (χ2n) is 4.12. The van der Waals surface area contributed by atoms with Gasteiger partial charge in [0.2, 0.25) is 0 Å². The fourth-order valence-electron chi connectivity index (χ4n) is 2.57. The molecule has 0 saturated heterocycles. The van der Waals surface area contributed by atoms with Gasteiger partial charge in [-0.05, 0) is 34.7 Å². The molecule has 2 aromatic carbocycles. The predicted molar refractivity (Wildman–Crippen MR) is 57.7 cm³/mol. The maximum Gasteiger partial charge on any atom is 0.119 e. The molecule has 1 aliphatic rings. The molecule has 0 heterocycles. The van der Waals surface area contributed by atoms with Crippen LogP contribution in [-0.4, -0.2) is 5.11 Å². The number of rotatable bonds is 0. The Morgan fingerprint density at radius 1 is 1.21 bits per heavy atom. The van der Waals surface area contributed by atoms with Crippen LogP contribution in [0.1, 0.15) is 24.0 Å². The first-order chi connectivity index (χ1) is 6.77. The second kappa shape index (κ2) is 2.50. The molecule has 1 N–H and O–H groups in total. The summed E-state index contributed by atoms with van der Waals surface area (Å²) in [4.78, 5) is 0. The highest BCUT2D eigenvalue weighted by molar-refractivity contribution is 5.93. The Morgan fingerprint density at radius 3 is 2.93 bits per heavy atom. The van der Waals surface area contributed by atoms with Gasteiger partial charge in [0.05, 0.1) is 0 Å². The Kier molecular flexibility index (Phi) is 1.41. The SMILES string of the molecule is CC1Cc2cccc3ccc(O)c1c23. The summed E-state index contributed by atoms with van der Waals surface area (Å²) in [5, 5.41) is 12.3. The Hall–Kier alpha value is -1.50. The van der Waals surface area contributed by atoms with Crippen LogP contribution in [0.5, 0.6) is 5.75 Å². The molecular formula is C13H12O. The molecule has 0 saturated carbocycles. The lowest BCUT2D eigenvalue weighted by atomic mass is 10.0. The van der Waals surface area contributed by atoms with Crippen molar-refractivity contribution in [2.45, 2.75) is 19.3 Å². The number of aromatic hydroxyl groups is 1. The lowest BCUT2D eigenvalue weighted by molar-refractivity contribution is 0.466. The van der Waals surface area contributed by atoms with E-state index in [1.54, 1.807) is 0 Å². The van der Waals surface area contributed by atoms with Gasteiger partial charge in [0.25, 0.3) is 0 Å². The van der Waals surface area contributed by atoms with Crippen LogP contribution >= 0.6 is 0 Å². The topological polar surface area (TPSA) is 20.2 Å². The molecule has 2 aromatic rings. The average Bonchev–Trinajstić information content (AvgIpc) is 2.51. The van der Waals surface area contributed by atoms with Crippen molar-refractivity contribution >= 4 is 10.8 Å². The van der Waals surface area contributed by atoms with Crippen molar-refractivity contribution in [1.29, 1.82) is 0 Å². The van der Waals surface area contributed by atoms with Crippen LogP contribution in [0.15, 0.2) is 30.3 Å². The van der Waals surface area contributed by atoms with Gasteiger partial charge in [0.15, 0.2) is 0 Å². The molecular weight excluding hydrogens is 172 g/mol. The quantitative estimate of drug-likeness (QED) is 0.666. The van der Waals surface area contributed by atoms with Crippen LogP contribution in [0.2, 0.25) is 0 Å². The molecule has 70 valence electrons. The van der Waals surface area contributed by atoms with Gasteiger partial charge in [-0.15, -0.1) is 0 Å². The Bertz CT molecular complexity index is 514. The van der Waals surface area contributed by atoms with E-state index in [0.29, 0.717) is 11.7 Å². The smallest absolute Gasteiger partial charge is 0.119 e. The number of phenolic OH excluding ortho intramolecular Hbond substituents is 1. The van der Waals surface area contributed by atoms with Crippen LogP contribution in [0.4, 0.5) is 0 Å². The summed E-state index contributed by atoms with van der Waals surface area (Å²) in [5.41, 5.74) is 2.51. The Balaban J connectivity index is 2.53. The van der Waals surface area contributed by atoms with E-state index in [-0.39, 0.29) is 0 Å². The minimum Gasteiger partial charge on any atom is -0.508 e. The van der Waals surface area contributed by atoms with Crippen molar-refractivity contribution in [3.8, 4) is 5.75 Å². The largest absolute Gasteiger partial charge is 0.508 e. The van der Waals surface area contributed by atoms with Crippen LogP contribution in [-0.2, 0) is 6.42 Å². The van der Waals surface area contributed by atoms with E-state index in [1.165, 1.54) is 16.3 Å². The minimum atomic E-state index is 0.454. The molecule has 0 fully saturated rings. The third kappa shape index (κ3) is 0.844. The van der Waals surface area contributed by atoms with Crippen LogP contribution < -0.4 is 0 Å². The van der Waals surface area contributed by atoms with Crippen LogP contribution in [0.25, 0.3) is 10.8 Å². The van der Waals surface area contributed by atoms with Gasteiger partial charge in [-0.1, -0.05) is 31.2 Å². The second-order valence-corrected chi connectivity index (χ2v) is 4.12. The summed E-state index contributed by atoms with van der Waals surface area (Å²) in [6.07, 6.45) is 1.06. The number of phenols is 1. The van der Waals surface area contributed by atoms with Crippen molar-refractivity contribution in [3.63, 3.8) is 0 Å². The van der Waals surface area contributed by atoms with Crippen molar-refractivity contribution in [1.82, 2.24) is 0 Å². The summed E-state index contributed by atoms with van der Waals surface area (Å²) in [5.74, 6) is 0.908. The molecule has 0 spiro atoms. The normalized spacial score (nSPS) is 19.1. The molecule has 1 atom stereocenters. The Labute approximate surface area is 83.0 Å². The molecule has 1 nitrogen and oxygen atoms in total. The van der Waals surface area contributed by atoms with E-state index in [9.17, 15) is 5.11 Å². The van der Waals surface area contributed by atoms with E-state index < -0.39 is 0 Å². The highest BCUT2D eigenvalue weighted by atomic mass is 16.3. The van der Waals surface area contributed by atoms with E-state index in [2.05, 4.69) is 25.1 Å². The summed E-state index contributed by atoms with van der Waals surface area (Å²) in [6, 6.07) is 10.2. The molecule has 0 radical (unpaired) electrons. The molecule has 3 rings (SSSR count). The zero-order chi connectivity index (χ0) is 9.71. The molecule has 0 bridgehead atoms. The standard InChI is InChI=1S/C13H12O/c1-8-7-10-4-2-3-9-5-6-11(14)12(8)13(9)10/h2-6,8,14H,7H2,1H3. The zero-order valence-corrected chi connectivity index (χ0v) is 8.12. The number of benzene rings is 2. The summed E-state index contributed by atoms with van der Waals surface area (Å²) in [7, 11) is 0. The minimum absolute atomic E-state index is 0.454. The molecule has 14 heavy (non-hydrogen) atoms. The van der Waals surface area contributed by atoms with Crippen molar-refractivity contribution in [3.05, 3.63) is 41.5 Å². The first kappa shape index (κ1) is 7.86. The monoisotopic (exact) mass is 184 g/mol. The lowest BCUT2D eigenvalue weighted by Crippen LogP contribution is -1.88. The summed E-state index contributed by atoms with van der Waals surface area (Å²) >= 11 is 0. The summed E-state index contributed by atoms with van der Waals surface area (Å²) < 4.78 is 0. The molecule has 1 aliphatic carbocycles. The first-order valence-electron chi connectivity index (χ1n) is 5.01. The van der Waals surface area contributed by atoms with E-state index in [4.69, 9.17) is 0 Å². The van der Waals surface area contributed by atoms with Crippen LogP contribution in [0.3, 0.4) is 0 Å². The number of hydrogen-bond acceptors (Lipinski definition) is 1. The average molecular weight is 184 g/mol. The number of hydrogen-bond donors (Lipinski definition) is 1. The van der Waals surface area contributed by atoms with E-state index >= 15 is 0 Å². The van der Waals surface area contributed by atoms with E-state index in [1.807, 2.05) is 12.1 Å². The van der Waals surface area contributed by atoms with Gasteiger partial charge >= 0.3 is 0 Å². The first-order valence-corrected chi connectivity index (χ1v) is 5.01. The van der Waals surface area contributed by atoms with Crippen LogP contribution in [0, 0.1) is 0 Å². The highest BCUT2D eigenvalue weighted by Gasteiger charge is 2.23.